The summed E-state index contributed by atoms with van der Waals surface area (Å²) in [5, 5.41) is 17.5. The van der Waals surface area contributed by atoms with E-state index in [0.717, 1.165) is 0 Å². The van der Waals surface area contributed by atoms with Gasteiger partial charge in [-0.15, -0.1) is 11.6 Å². The fourth-order valence-electron chi connectivity index (χ4n) is 1.15. The van der Waals surface area contributed by atoms with E-state index < -0.39 is 5.38 Å². The first kappa shape index (κ1) is 11.0. The highest BCUT2D eigenvalue weighted by Gasteiger charge is 2.16. The molecular formula is C10H11ClO3. The molecule has 1 rings (SSSR count). The zero-order valence-corrected chi connectivity index (χ0v) is 8.45. The molecule has 2 N–H and O–H groups in total. The third-order valence-electron chi connectivity index (χ3n) is 1.89. The Bertz CT molecular complexity index is 347. The minimum atomic E-state index is -0.665. The standard InChI is InChI=1S/C10H11ClO3/c1-6(11)10(14)9-4-8(13)3-2-7(9)5-12/h2-4,6,12-13H,5H2,1H3. The maximum Gasteiger partial charge on any atom is 0.180 e. The zero-order valence-electron chi connectivity index (χ0n) is 7.70. The SMILES string of the molecule is CC(Cl)C(=O)c1cc(O)ccc1CO. The summed E-state index contributed by atoms with van der Waals surface area (Å²) in [5.74, 6) is -0.311. The molecule has 0 spiro atoms. The van der Waals surface area contributed by atoms with Gasteiger partial charge in [0.2, 0.25) is 0 Å². The largest absolute Gasteiger partial charge is 0.508 e. The van der Waals surface area contributed by atoms with Crippen LogP contribution in [0.15, 0.2) is 18.2 Å². The number of hydrogen-bond acceptors (Lipinski definition) is 3. The molecule has 0 aliphatic carbocycles. The number of Topliss-reactive ketones (excluding diaryl/α,β-unsaturated/α-hetero) is 1. The summed E-state index contributed by atoms with van der Waals surface area (Å²) >= 11 is 5.63. The molecule has 1 aromatic rings. The van der Waals surface area contributed by atoms with Crippen molar-refractivity contribution < 1.29 is 15.0 Å². The smallest absolute Gasteiger partial charge is 0.180 e. The quantitative estimate of drug-likeness (QED) is 0.595. The van der Waals surface area contributed by atoms with Crippen LogP contribution in [0, 0.1) is 0 Å². The molecule has 0 bridgehead atoms. The fourth-order valence-corrected chi connectivity index (χ4v) is 1.26. The first-order valence-electron chi connectivity index (χ1n) is 4.17. The third-order valence-corrected chi connectivity index (χ3v) is 2.09. The Morgan fingerprint density at radius 2 is 2.21 bits per heavy atom. The van der Waals surface area contributed by atoms with Crippen molar-refractivity contribution in [3.05, 3.63) is 29.3 Å². The normalized spacial score (nSPS) is 12.5. The van der Waals surface area contributed by atoms with E-state index in [1.54, 1.807) is 6.92 Å². The molecule has 0 amide bonds. The predicted octanol–water partition coefficient (Wildman–Crippen LogP) is 1.69. The highest BCUT2D eigenvalue weighted by molar-refractivity contribution is 6.33. The van der Waals surface area contributed by atoms with Crippen LogP contribution in [0.2, 0.25) is 0 Å². The number of hydrogen-bond donors (Lipinski definition) is 2. The zero-order chi connectivity index (χ0) is 10.7. The van der Waals surface area contributed by atoms with Crippen LogP contribution in [0.4, 0.5) is 0 Å². The molecule has 1 aromatic carbocycles. The topological polar surface area (TPSA) is 57.5 Å². The van der Waals surface area contributed by atoms with Crippen molar-refractivity contribution in [2.75, 3.05) is 0 Å². The molecule has 0 saturated carbocycles. The Morgan fingerprint density at radius 1 is 1.57 bits per heavy atom. The average Bonchev–Trinajstić information content (AvgIpc) is 2.16. The number of carbonyl (C=O) groups is 1. The number of aromatic hydroxyl groups is 1. The van der Waals surface area contributed by atoms with E-state index in [9.17, 15) is 9.90 Å². The molecule has 0 aliphatic rings. The second-order valence-electron chi connectivity index (χ2n) is 2.98. The number of carbonyl (C=O) groups excluding carboxylic acids is 1. The van der Waals surface area contributed by atoms with Crippen LogP contribution in [-0.4, -0.2) is 21.4 Å². The molecule has 1 unspecified atom stereocenters. The lowest BCUT2D eigenvalue weighted by molar-refractivity contribution is 0.0988. The van der Waals surface area contributed by atoms with Gasteiger partial charge in [-0.1, -0.05) is 6.07 Å². The number of aliphatic hydroxyl groups is 1. The lowest BCUT2D eigenvalue weighted by atomic mass is 10.0. The summed E-state index contributed by atoms with van der Waals surface area (Å²) in [7, 11) is 0. The van der Waals surface area contributed by atoms with Crippen molar-refractivity contribution in [1.29, 1.82) is 0 Å². The predicted molar refractivity (Wildman–Crippen MR) is 53.7 cm³/mol. The van der Waals surface area contributed by atoms with Crippen LogP contribution >= 0.6 is 11.6 Å². The van der Waals surface area contributed by atoms with Gasteiger partial charge in [0.15, 0.2) is 5.78 Å². The number of phenols is 1. The lowest BCUT2D eigenvalue weighted by Crippen LogP contribution is -2.13. The third kappa shape index (κ3) is 2.25. The monoisotopic (exact) mass is 214 g/mol. The van der Waals surface area contributed by atoms with Crippen molar-refractivity contribution >= 4 is 17.4 Å². The van der Waals surface area contributed by atoms with Gasteiger partial charge in [0.05, 0.1) is 12.0 Å². The number of alkyl halides is 1. The summed E-state index contributed by atoms with van der Waals surface area (Å²) in [6, 6.07) is 4.23. The van der Waals surface area contributed by atoms with Gasteiger partial charge >= 0.3 is 0 Å². The van der Waals surface area contributed by atoms with Crippen LogP contribution in [0.1, 0.15) is 22.8 Å². The minimum Gasteiger partial charge on any atom is -0.508 e. The summed E-state index contributed by atoms with van der Waals surface area (Å²) in [6.45, 7) is 1.31. The molecule has 14 heavy (non-hydrogen) atoms. The van der Waals surface area contributed by atoms with Crippen LogP contribution < -0.4 is 0 Å². The van der Waals surface area contributed by atoms with Crippen molar-refractivity contribution in [3.63, 3.8) is 0 Å². The molecule has 0 fully saturated rings. The van der Waals surface area contributed by atoms with Gasteiger partial charge in [-0.3, -0.25) is 4.79 Å². The van der Waals surface area contributed by atoms with E-state index in [0.29, 0.717) is 5.56 Å². The highest BCUT2D eigenvalue weighted by Crippen LogP contribution is 2.19. The van der Waals surface area contributed by atoms with Gasteiger partial charge in [0.1, 0.15) is 5.75 Å². The Labute approximate surface area is 86.9 Å². The number of phenolic OH excluding ortho intramolecular Hbond substituents is 1. The number of benzene rings is 1. The van der Waals surface area contributed by atoms with Crippen LogP contribution in [-0.2, 0) is 6.61 Å². The van der Waals surface area contributed by atoms with Crippen LogP contribution in [0.3, 0.4) is 0 Å². The van der Waals surface area contributed by atoms with Crippen molar-refractivity contribution in [2.24, 2.45) is 0 Å². The van der Waals surface area contributed by atoms with Crippen molar-refractivity contribution in [3.8, 4) is 5.75 Å². The molecule has 0 radical (unpaired) electrons. The Hall–Kier alpha value is -1.06. The Kier molecular flexibility index (Phi) is 3.49. The highest BCUT2D eigenvalue weighted by atomic mass is 35.5. The molecule has 76 valence electrons. The van der Waals surface area contributed by atoms with Crippen molar-refractivity contribution in [2.45, 2.75) is 18.9 Å². The first-order chi connectivity index (χ1) is 6.56. The summed E-state index contributed by atoms with van der Waals surface area (Å²) in [6.07, 6.45) is 0. The van der Waals surface area contributed by atoms with Gasteiger partial charge in [0, 0.05) is 5.56 Å². The maximum absolute atomic E-state index is 11.5. The van der Waals surface area contributed by atoms with Gasteiger partial charge in [-0.05, 0) is 24.6 Å². The number of rotatable bonds is 3. The van der Waals surface area contributed by atoms with Gasteiger partial charge in [-0.2, -0.15) is 0 Å². The second kappa shape index (κ2) is 4.44. The van der Waals surface area contributed by atoms with E-state index in [4.69, 9.17) is 16.7 Å². The number of halogens is 1. The molecule has 4 heteroatoms. The second-order valence-corrected chi connectivity index (χ2v) is 3.63. The van der Waals surface area contributed by atoms with Crippen molar-refractivity contribution in [1.82, 2.24) is 0 Å². The Balaban J connectivity index is 3.17. The van der Waals surface area contributed by atoms with E-state index in [1.807, 2.05) is 0 Å². The summed E-state index contributed by atoms with van der Waals surface area (Å²) < 4.78 is 0. The van der Waals surface area contributed by atoms with Crippen LogP contribution in [0.5, 0.6) is 5.75 Å². The van der Waals surface area contributed by atoms with Gasteiger partial charge in [-0.25, -0.2) is 0 Å². The number of ketones is 1. The molecular weight excluding hydrogens is 204 g/mol. The lowest BCUT2D eigenvalue weighted by Gasteiger charge is -2.08. The molecule has 0 aliphatic heterocycles. The molecule has 0 saturated heterocycles. The maximum atomic E-state index is 11.5. The van der Waals surface area contributed by atoms with E-state index in [-0.39, 0.29) is 23.7 Å². The minimum absolute atomic E-state index is 0.0112. The summed E-state index contributed by atoms with van der Waals surface area (Å²) in [5.41, 5.74) is 0.746. The van der Waals surface area contributed by atoms with Crippen LogP contribution in [0.25, 0.3) is 0 Å². The molecule has 0 aromatic heterocycles. The molecule has 3 nitrogen and oxygen atoms in total. The molecule has 1 atom stereocenters. The van der Waals surface area contributed by atoms with E-state index in [2.05, 4.69) is 0 Å². The summed E-state index contributed by atoms with van der Waals surface area (Å²) in [4.78, 5) is 11.5. The average molecular weight is 215 g/mol. The Morgan fingerprint density at radius 3 is 2.71 bits per heavy atom. The number of aliphatic hydroxyl groups excluding tert-OH is 1. The van der Waals surface area contributed by atoms with Gasteiger partial charge in [0.25, 0.3) is 0 Å². The van der Waals surface area contributed by atoms with Gasteiger partial charge < -0.3 is 10.2 Å². The van der Waals surface area contributed by atoms with E-state index >= 15 is 0 Å². The fraction of sp³-hybridized carbons (Fsp3) is 0.300. The van der Waals surface area contributed by atoms with E-state index in [1.165, 1.54) is 18.2 Å². The molecule has 0 heterocycles. The first-order valence-corrected chi connectivity index (χ1v) is 4.61.